The summed E-state index contributed by atoms with van der Waals surface area (Å²) >= 11 is 0. The Morgan fingerprint density at radius 3 is 2.19 bits per heavy atom. The fraction of sp³-hybridized carbons (Fsp3) is 0.0500. The number of carbonyl (C=O) groups is 1. The quantitative estimate of drug-likeness (QED) is 0.656. The molecule has 0 radical (unpaired) electrons. The van der Waals surface area contributed by atoms with Gasteiger partial charge in [-0.25, -0.2) is 9.98 Å². The number of nitrogens with zero attached hydrogens (tertiary/aromatic N) is 2. The summed E-state index contributed by atoms with van der Waals surface area (Å²) in [5, 5.41) is 5.17. The number of carbonyl (C=O) groups excluding carboxylic acids is 1. The van der Waals surface area contributed by atoms with Gasteiger partial charge in [-0.05, 0) is 60.7 Å². The van der Waals surface area contributed by atoms with Crippen molar-refractivity contribution in [2.45, 2.75) is 6.04 Å². The number of allylic oxidation sites excluding steroid dienone is 5. The maximum Gasteiger partial charge on any atom is 0.183 e. The third-order valence-electron chi connectivity index (χ3n) is 4.27. The molecule has 0 amide bonds. The monoisotopic (exact) mass is 416 g/mol. The van der Waals surface area contributed by atoms with Crippen LogP contribution in [0.4, 0.5) is 0 Å². The number of ketones is 1. The summed E-state index contributed by atoms with van der Waals surface area (Å²) in [6.07, 6.45) is 17.1. The van der Waals surface area contributed by atoms with E-state index in [2.05, 4.69) is 20.3 Å². The molecule has 1 aromatic rings. The van der Waals surface area contributed by atoms with Gasteiger partial charge in [0.15, 0.2) is 5.78 Å². The molecule has 6 heteroatoms. The largest absolute Gasteiger partial charge is 0.372 e. The van der Waals surface area contributed by atoms with Gasteiger partial charge in [-0.1, -0.05) is 0 Å². The minimum Gasteiger partial charge on any atom is -0.372 e. The van der Waals surface area contributed by atoms with E-state index in [9.17, 15) is 4.79 Å². The van der Waals surface area contributed by atoms with Crippen molar-refractivity contribution in [1.29, 1.82) is 0 Å². The molecule has 1 atom stereocenters. The van der Waals surface area contributed by atoms with E-state index in [0.717, 1.165) is 39.2 Å². The van der Waals surface area contributed by atoms with Gasteiger partial charge in [-0.3, -0.25) is 4.79 Å². The van der Waals surface area contributed by atoms with Crippen LogP contribution in [-0.4, -0.2) is 28.2 Å². The minimum atomic E-state index is -0.389. The molecule has 0 aliphatic carbocycles. The molecule has 2 N–H and O–H groups in total. The van der Waals surface area contributed by atoms with E-state index in [-0.39, 0.29) is 38.0 Å². The zero-order valence-corrected chi connectivity index (χ0v) is 16.2. The Kier molecular flexibility index (Phi) is 4.29. The molecular weight excluding hydrogens is 403 g/mol. The SMILES string of the molecule is O=C1C=C2C=C3C=CC(=N3)C=c3ccc([nH]3)=CC3=NC(=CC1N2)C=C3.[Zr]. The zero-order chi connectivity index (χ0) is 16.8. The first kappa shape index (κ1) is 16.9. The van der Waals surface area contributed by atoms with Crippen molar-refractivity contribution in [2.75, 3.05) is 0 Å². The Balaban J connectivity index is 0.00000168. The number of hydrogen-bond donors (Lipinski definition) is 2. The molecule has 5 rings (SSSR count). The Hall–Kier alpha value is -2.59. The van der Waals surface area contributed by atoms with Crippen LogP contribution in [0.3, 0.4) is 0 Å². The first-order chi connectivity index (χ1) is 12.2. The normalized spacial score (nSPS) is 22.2. The van der Waals surface area contributed by atoms with Crippen molar-refractivity contribution < 1.29 is 31.0 Å². The van der Waals surface area contributed by atoms with Crippen molar-refractivity contribution in [1.82, 2.24) is 10.3 Å². The number of aliphatic imine (C=N–C) groups is 2. The molecule has 0 spiro atoms. The van der Waals surface area contributed by atoms with Gasteiger partial charge in [0.25, 0.3) is 0 Å². The second-order valence-corrected chi connectivity index (χ2v) is 6.18. The van der Waals surface area contributed by atoms with Crippen LogP contribution < -0.4 is 16.0 Å². The smallest absolute Gasteiger partial charge is 0.183 e. The molecule has 5 nitrogen and oxygen atoms in total. The number of aromatic nitrogens is 1. The third kappa shape index (κ3) is 3.25. The van der Waals surface area contributed by atoms with Crippen LogP contribution in [0.25, 0.3) is 12.2 Å². The van der Waals surface area contributed by atoms with Crippen molar-refractivity contribution in [2.24, 2.45) is 9.98 Å². The van der Waals surface area contributed by atoms with Gasteiger partial charge in [0, 0.05) is 48.7 Å². The van der Waals surface area contributed by atoms with Crippen LogP contribution in [0.5, 0.6) is 0 Å². The van der Waals surface area contributed by atoms with E-state index in [0.29, 0.717) is 0 Å². The van der Waals surface area contributed by atoms with Crippen LogP contribution in [0.1, 0.15) is 0 Å². The molecule has 0 saturated heterocycles. The summed E-state index contributed by atoms with van der Waals surface area (Å²) in [7, 11) is 0. The predicted molar refractivity (Wildman–Crippen MR) is 98.3 cm³/mol. The standard InChI is InChI=1S/C20H14N4O.Zr/c25-20-11-18-9-16-4-3-14(22-16)7-12-1-2-13(21-12)8-15-5-6-17(23-15)10-19(20)24-18;/h1-11,19,21,24H;. The molecule has 124 valence electrons. The van der Waals surface area contributed by atoms with Crippen LogP contribution in [0.2, 0.25) is 0 Å². The van der Waals surface area contributed by atoms with E-state index in [1.54, 1.807) is 6.08 Å². The van der Waals surface area contributed by atoms with Crippen molar-refractivity contribution in [3.8, 4) is 0 Å². The van der Waals surface area contributed by atoms with Crippen molar-refractivity contribution >= 4 is 29.4 Å². The van der Waals surface area contributed by atoms with E-state index in [4.69, 9.17) is 0 Å². The summed E-state index contributed by atoms with van der Waals surface area (Å²) in [6, 6.07) is 3.64. The van der Waals surface area contributed by atoms with Gasteiger partial charge in [-0.2, -0.15) is 0 Å². The number of hydrogen-bond acceptors (Lipinski definition) is 4. The van der Waals surface area contributed by atoms with E-state index >= 15 is 0 Å². The molecule has 1 aromatic heterocycles. The Bertz CT molecular complexity index is 1140. The summed E-state index contributed by atoms with van der Waals surface area (Å²) in [5.74, 6) is 0.0241. The van der Waals surface area contributed by atoms with Gasteiger partial charge in [-0.15, -0.1) is 0 Å². The first-order valence-corrected chi connectivity index (χ1v) is 8.09. The van der Waals surface area contributed by atoms with E-state index in [1.807, 2.05) is 60.7 Å². The maximum atomic E-state index is 12.2. The molecule has 4 aliphatic heterocycles. The Morgan fingerprint density at radius 1 is 0.808 bits per heavy atom. The number of fused-ring (bicyclic) bond motifs is 6. The van der Waals surface area contributed by atoms with Gasteiger partial charge in [0.2, 0.25) is 0 Å². The average Bonchev–Trinajstić information content (AvgIpc) is 3.33. The molecule has 8 bridgehead atoms. The number of H-pyrrole nitrogens is 1. The van der Waals surface area contributed by atoms with Gasteiger partial charge in [0.05, 0.1) is 22.8 Å². The van der Waals surface area contributed by atoms with Crippen LogP contribution >= 0.6 is 0 Å². The molecule has 0 fully saturated rings. The third-order valence-corrected chi connectivity index (χ3v) is 4.27. The zero-order valence-electron chi connectivity index (χ0n) is 13.7. The molecule has 4 aliphatic rings. The Labute approximate surface area is 168 Å². The molecule has 26 heavy (non-hydrogen) atoms. The summed E-state index contributed by atoms with van der Waals surface area (Å²) in [4.78, 5) is 24.7. The van der Waals surface area contributed by atoms with Crippen LogP contribution in [0.15, 0.2) is 81.7 Å². The molecule has 0 saturated carbocycles. The number of rotatable bonds is 0. The van der Waals surface area contributed by atoms with Gasteiger partial charge in [0.1, 0.15) is 6.04 Å². The molecule has 0 aromatic carbocycles. The summed E-state index contributed by atoms with van der Waals surface area (Å²) in [5.41, 5.74) is 4.09. The molecular formula is C20H14N4OZr. The average molecular weight is 418 g/mol. The predicted octanol–water partition coefficient (Wildman–Crippen LogP) is 0.801. The first-order valence-electron chi connectivity index (χ1n) is 8.09. The second-order valence-electron chi connectivity index (χ2n) is 6.18. The fourth-order valence-corrected chi connectivity index (χ4v) is 3.11. The topological polar surface area (TPSA) is 69.6 Å². The van der Waals surface area contributed by atoms with Crippen molar-refractivity contribution in [3.63, 3.8) is 0 Å². The van der Waals surface area contributed by atoms with Gasteiger partial charge >= 0.3 is 0 Å². The van der Waals surface area contributed by atoms with E-state index < -0.39 is 0 Å². The molecule has 1 unspecified atom stereocenters. The van der Waals surface area contributed by atoms with Crippen LogP contribution in [-0.2, 0) is 31.0 Å². The van der Waals surface area contributed by atoms with Crippen LogP contribution in [0, 0.1) is 0 Å². The fourth-order valence-electron chi connectivity index (χ4n) is 3.11. The summed E-state index contributed by atoms with van der Waals surface area (Å²) < 4.78 is 0. The van der Waals surface area contributed by atoms with Gasteiger partial charge < -0.3 is 10.3 Å². The Morgan fingerprint density at radius 2 is 1.46 bits per heavy atom. The number of aromatic amines is 1. The number of nitrogens with one attached hydrogen (secondary N) is 2. The maximum absolute atomic E-state index is 12.2. The van der Waals surface area contributed by atoms with E-state index in [1.165, 1.54) is 0 Å². The molecule has 5 heterocycles. The second kappa shape index (κ2) is 6.62. The minimum absolute atomic E-state index is 0. The van der Waals surface area contributed by atoms with Crippen molar-refractivity contribution in [3.05, 3.63) is 82.5 Å². The summed E-state index contributed by atoms with van der Waals surface area (Å²) in [6.45, 7) is 0.